The Morgan fingerprint density at radius 1 is 1.46 bits per heavy atom. The molecular formula is C11H12O2. The third-order valence-corrected chi connectivity index (χ3v) is 1.68. The van der Waals surface area contributed by atoms with Gasteiger partial charge in [0.05, 0.1) is 6.10 Å². The van der Waals surface area contributed by atoms with Gasteiger partial charge in [0.15, 0.2) is 0 Å². The van der Waals surface area contributed by atoms with E-state index < -0.39 is 6.10 Å². The van der Waals surface area contributed by atoms with Crippen molar-refractivity contribution in [1.82, 2.24) is 0 Å². The zero-order valence-corrected chi connectivity index (χ0v) is 7.53. The van der Waals surface area contributed by atoms with Crippen molar-refractivity contribution in [2.45, 2.75) is 13.0 Å². The fraction of sp³-hybridized carbons (Fsp3) is 0.273. The van der Waals surface area contributed by atoms with Gasteiger partial charge in [-0.1, -0.05) is 18.1 Å². The average molecular weight is 176 g/mol. The van der Waals surface area contributed by atoms with Crippen molar-refractivity contribution in [1.29, 1.82) is 0 Å². The Bertz CT molecular complexity index is 293. The Balaban J connectivity index is 2.65. The molecule has 0 aliphatic carbocycles. The molecule has 1 N–H and O–H groups in total. The average Bonchev–Trinajstić information content (AvgIpc) is 2.15. The maximum absolute atomic E-state index is 9.22. The molecule has 0 radical (unpaired) electrons. The highest BCUT2D eigenvalue weighted by molar-refractivity contribution is 5.28. The van der Waals surface area contributed by atoms with Crippen molar-refractivity contribution in [3.05, 3.63) is 29.8 Å². The summed E-state index contributed by atoms with van der Waals surface area (Å²) in [6.45, 7) is 1.99. The van der Waals surface area contributed by atoms with Gasteiger partial charge in [-0.25, -0.2) is 0 Å². The lowest BCUT2D eigenvalue weighted by Gasteiger charge is -2.06. The largest absolute Gasteiger partial charge is 0.481 e. The number of ether oxygens (including phenoxy) is 1. The third kappa shape index (κ3) is 2.81. The number of hydrogen-bond donors (Lipinski definition) is 1. The van der Waals surface area contributed by atoms with E-state index in [0.717, 1.165) is 11.3 Å². The van der Waals surface area contributed by atoms with Crippen LogP contribution in [0.3, 0.4) is 0 Å². The molecule has 0 aliphatic rings. The summed E-state index contributed by atoms with van der Waals surface area (Å²) in [5.74, 6) is 3.11. The maximum Gasteiger partial charge on any atom is 0.148 e. The van der Waals surface area contributed by atoms with Gasteiger partial charge >= 0.3 is 0 Å². The summed E-state index contributed by atoms with van der Waals surface area (Å²) in [6, 6.07) is 7.21. The van der Waals surface area contributed by atoms with Crippen LogP contribution in [-0.4, -0.2) is 11.7 Å². The van der Waals surface area contributed by atoms with Gasteiger partial charge in [-0.05, 0) is 24.6 Å². The molecule has 1 atom stereocenters. The van der Waals surface area contributed by atoms with E-state index in [9.17, 15) is 5.11 Å². The summed E-state index contributed by atoms with van der Waals surface area (Å²) in [4.78, 5) is 0. The van der Waals surface area contributed by atoms with Crippen molar-refractivity contribution in [3.63, 3.8) is 0 Å². The van der Waals surface area contributed by atoms with Gasteiger partial charge in [0.1, 0.15) is 12.4 Å². The van der Waals surface area contributed by atoms with Crippen LogP contribution in [0.1, 0.15) is 18.6 Å². The highest BCUT2D eigenvalue weighted by atomic mass is 16.5. The first-order valence-corrected chi connectivity index (χ1v) is 4.08. The summed E-state index contributed by atoms with van der Waals surface area (Å²) < 4.78 is 5.17. The van der Waals surface area contributed by atoms with E-state index in [4.69, 9.17) is 11.2 Å². The fourth-order valence-corrected chi connectivity index (χ4v) is 0.968. The lowest BCUT2D eigenvalue weighted by Crippen LogP contribution is -1.94. The molecule has 2 heteroatoms. The molecule has 1 aromatic rings. The minimum absolute atomic E-state index is 0.272. The SMILES string of the molecule is C#CCOc1ccc([C@H](C)O)cc1. The summed E-state index contributed by atoms with van der Waals surface area (Å²) in [7, 11) is 0. The van der Waals surface area contributed by atoms with Gasteiger partial charge in [0.25, 0.3) is 0 Å². The van der Waals surface area contributed by atoms with Gasteiger partial charge in [-0.3, -0.25) is 0 Å². The minimum atomic E-state index is -0.443. The van der Waals surface area contributed by atoms with E-state index in [1.165, 1.54) is 0 Å². The maximum atomic E-state index is 9.22. The van der Waals surface area contributed by atoms with Gasteiger partial charge in [0, 0.05) is 0 Å². The van der Waals surface area contributed by atoms with Crippen LogP contribution < -0.4 is 4.74 Å². The molecule has 0 heterocycles. The van der Waals surface area contributed by atoms with E-state index >= 15 is 0 Å². The van der Waals surface area contributed by atoms with Gasteiger partial charge in [-0.15, -0.1) is 6.42 Å². The smallest absolute Gasteiger partial charge is 0.148 e. The van der Waals surface area contributed by atoms with Crippen LogP contribution in [0.15, 0.2) is 24.3 Å². The normalized spacial score (nSPS) is 11.8. The van der Waals surface area contributed by atoms with E-state index in [1.54, 1.807) is 19.1 Å². The molecule has 0 aliphatic heterocycles. The van der Waals surface area contributed by atoms with Crippen LogP contribution in [-0.2, 0) is 0 Å². The van der Waals surface area contributed by atoms with Crippen LogP contribution in [0.4, 0.5) is 0 Å². The van der Waals surface area contributed by atoms with Gasteiger partial charge in [0.2, 0.25) is 0 Å². The molecule has 0 saturated carbocycles. The molecule has 0 spiro atoms. The number of aliphatic hydroxyl groups is 1. The van der Waals surface area contributed by atoms with Crippen LogP contribution in [0.25, 0.3) is 0 Å². The Labute approximate surface area is 78.2 Å². The second-order valence-corrected chi connectivity index (χ2v) is 2.74. The van der Waals surface area contributed by atoms with Crippen LogP contribution in [0.5, 0.6) is 5.75 Å². The molecule has 0 bridgehead atoms. The molecule has 13 heavy (non-hydrogen) atoms. The summed E-state index contributed by atoms with van der Waals surface area (Å²) in [6.07, 6.45) is 4.60. The molecule has 0 aromatic heterocycles. The molecule has 68 valence electrons. The number of benzene rings is 1. The monoisotopic (exact) mass is 176 g/mol. The second kappa shape index (κ2) is 4.54. The highest BCUT2D eigenvalue weighted by Crippen LogP contribution is 2.16. The van der Waals surface area contributed by atoms with Gasteiger partial charge in [-0.2, -0.15) is 0 Å². The predicted octanol–water partition coefficient (Wildman–Crippen LogP) is 1.75. The summed E-state index contributed by atoms with van der Waals surface area (Å²) in [5.41, 5.74) is 0.869. The van der Waals surface area contributed by atoms with E-state index in [0.29, 0.717) is 0 Å². The Morgan fingerprint density at radius 2 is 2.08 bits per heavy atom. The Kier molecular flexibility index (Phi) is 3.36. The van der Waals surface area contributed by atoms with E-state index in [1.807, 2.05) is 12.1 Å². The predicted molar refractivity (Wildman–Crippen MR) is 51.4 cm³/mol. The van der Waals surface area contributed by atoms with Crippen LogP contribution in [0.2, 0.25) is 0 Å². The first kappa shape index (κ1) is 9.63. The third-order valence-electron chi connectivity index (χ3n) is 1.68. The lowest BCUT2D eigenvalue weighted by molar-refractivity contribution is 0.199. The zero-order valence-electron chi connectivity index (χ0n) is 7.53. The Hall–Kier alpha value is -1.46. The summed E-state index contributed by atoms with van der Waals surface area (Å²) >= 11 is 0. The van der Waals surface area contributed by atoms with Crippen molar-refractivity contribution in [2.75, 3.05) is 6.61 Å². The first-order chi connectivity index (χ1) is 6.24. The zero-order chi connectivity index (χ0) is 9.68. The van der Waals surface area contributed by atoms with Gasteiger partial charge < -0.3 is 9.84 Å². The quantitative estimate of drug-likeness (QED) is 0.711. The van der Waals surface area contributed by atoms with Crippen molar-refractivity contribution in [3.8, 4) is 18.1 Å². The molecular weight excluding hydrogens is 164 g/mol. The molecule has 0 saturated heterocycles. The first-order valence-electron chi connectivity index (χ1n) is 4.08. The lowest BCUT2D eigenvalue weighted by atomic mass is 10.1. The molecule has 0 unspecified atom stereocenters. The molecule has 1 aromatic carbocycles. The Morgan fingerprint density at radius 3 is 2.54 bits per heavy atom. The second-order valence-electron chi connectivity index (χ2n) is 2.74. The van der Waals surface area contributed by atoms with Crippen molar-refractivity contribution in [2.24, 2.45) is 0 Å². The number of rotatable bonds is 3. The van der Waals surface area contributed by atoms with Crippen LogP contribution in [0, 0.1) is 12.3 Å². The van der Waals surface area contributed by atoms with E-state index in [2.05, 4.69) is 5.92 Å². The van der Waals surface area contributed by atoms with Crippen molar-refractivity contribution >= 4 is 0 Å². The molecule has 0 fully saturated rings. The number of hydrogen-bond acceptors (Lipinski definition) is 2. The van der Waals surface area contributed by atoms with Crippen LogP contribution >= 0.6 is 0 Å². The molecule has 0 amide bonds. The van der Waals surface area contributed by atoms with E-state index in [-0.39, 0.29) is 6.61 Å². The molecule has 2 nitrogen and oxygen atoms in total. The summed E-state index contributed by atoms with van der Waals surface area (Å²) in [5, 5.41) is 9.22. The topological polar surface area (TPSA) is 29.5 Å². The standard InChI is InChI=1S/C11H12O2/c1-3-8-13-11-6-4-10(5-7-11)9(2)12/h1,4-7,9,12H,8H2,2H3/t9-/m0/s1. The fourth-order valence-electron chi connectivity index (χ4n) is 0.968. The number of aliphatic hydroxyl groups excluding tert-OH is 1. The van der Waals surface area contributed by atoms with Crippen molar-refractivity contribution < 1.29 is 9.84 Å². The highest BCUT2D eigenvalue weighted by Gasteiger charge is 1.99. The molecule has 1 rings (SSSR count). The minimum Gasteiger partial charge on any atom is -0.481 e. The number of terminal acetylenes is 1.